The number of hydrogen-bond donors (Lipinski definition) is 2. The first kappa shape index (κ1) is 16.3. The molecule has 0 saturated carbocycles. The van der Waals surface area contributed by atoms with Crippen LogP contribution in [-0.2, 0) is 16.1 Å². The van der Waals surface area contributed by atoms with Gasteiger partial charge in [-0.2, -0.15) is 5.10 Å². The maximum absolute atomic E-state index is 14.1. The molecule has 2 amide bonds. The summed E-state index contributed by atoms with van der Waals surface area (Å²) < 4.78 is 15.4. The molecule has 0 saturated heterocycles. The minimum Gasteiger partial charge on any atom is -0.344 e. The lowest BCUT2D eigenvalue weighted by Gasteiger charge is -2.08. The van der Waals surface area contributed by atoms with Gasteiger partial charge >= 0.3 is 11.8 Å². The van der Waals surface area contributed by atoms with E-state index in [9.17, 15) is 14.0 Å². The molecule has 0 atom stereocenters. The van der Waals surface area contributed by atoms with E-state index in [4.69, 9.17) is 0 Å². The lowest BCUT2D eigenvalue weighted by molar-refractivity contribution is -0.136. The van der Waals surface area contributed by atoms with Crippen LogP contribution >= 0.6 is 0 Å². The quantitative estimate of drug-likeness (QED) is 0.708. The minimum atomic E-state index is -0.871. The number of aromatic nitrogens is 3. The van der Waals surface area contributed by atoms with Gasteiger partial charge in [0.15, 0.2) is 5.82 Å². The standard InChI is InChI=1S/C17H14FN5O2/c18-14-8-13(6-7-15(14)23-11-19-10-21-23)22-17(25)16(24)20-9-12-4-2-1-3-5-12/h1-8,10-11H,9H2,(H,20,24)(H,22,25). The van der Waals surface area contributed by atoms with Gasteiger partial charge in [-0.1, -0.05) is 30.3 Å². The molecule has 8 heteroatoms. The van der Waals surface area contributed by atoms with Crippen molar-refractivity contribution < 1.29 is 14.0 Å². The molecule has 126 valence electrons. The zero-order valence-electron chi connectivity index (χ0n) is 13.0. The molecule has 7 nitrogen and oxygen atoms in total. The van der Waals surface area contributed by atoms with Crippen LogP contribution in [0.25, 0.3) is 5.69 Å². The summed E-state index contributed by atoms with van der Waals surface area (Å²) in [6.45, 7) is 0.229. The van der Waals surface area contributed by atoms with Crippen molar-refractivity contribution in [1.82, 2.24) is 20.1 Å². The predicted molar refractivity (Wildman–Crippen MR) is 88.2 cm³/mol. The Kier molecular flexibility index (Phi) is 4.79. The van der Waals surface area contributed by atoms with E-state index in [1.165, 1.54) is 29.5 Å². The highest BCUT2D eigenvalue weighted by Crippen LogP contribution is 2.17. The van der Waals surface area contributed by atoms with Gasteiger partial charge in [0.05, 0.1) is 0 Å². The lowest BCUT2D eigenvalue weighted by atomic mass is 10.2. The third-order valence-electron chi connectivity index (χ3n) is 3.37. The number of carbonyl (C=O) groups is 2. The van der Waals surface area contributed by atoms with Gasteiger partial charge in [-0.15, -0.1) is 0 Å². The molecule has 0 aliphatic rings. The van der Waals surface area contributed by atoms with Gasteiger partial charge in [0.25, 0.3) is 0 Å². The number of rotatable bonds is 4. The van der Waals surface area contributed by atoms with Crippen LogP contribution in [-0.4, -0.2) is 26.6 Å². The van der Waals surface area contributed by atoms with E-state index in [0.29, 0.717) is 0 Å². The fraction of sp³-hybridized carbons (Fsp3) is 0.0588. The molecular weight excluding hydrogens is 325 g/mol. The van der Waals surface area contributed by atoms with Crippen molar-refractivity contribution in [2.75, 3.05) is 5.32 Å². The number of carbonyl (C=O) groups excluding carboxylic acids is 2. The predicted octanol–water partition coefficient (Wildman–Crippen LogP) is 1.66. The molecule has 1 aromatic heterocycles. The Balaban J connectivity index is 1.60. The Bertz CT molecular complexity index is 881. The van der Waals surface area contributed by atoms with Crippen molar-refractivity contribution >= 4 is 17.5 Å². The average Bonchev–Trinajstić information content (AvgIpc) is 3.15. The first-order chi connectivity index (χ1) is 12.1. The van der Waals surface area contributed by atoms with E-state index in [1.54, 1.807) is 0 Å². The Labute approximate surface area is 142 Å². The average molecular weight is 339 g/mol. The normalized spacial score (nSPS) is 10.3. The summed E-state index contributed by atoms with van der Waals surface area (Å²) >= 11 is 0. The fourth-order valence-corrected chi connectivity index (χ4v) is 2.15. The summed E-state index contributed by atoms with van der Waals surface area (Å²) in [7, 11) is 0. The maximum Gasteiger partial charge on any atom is 0.313 e. The maximum atomic E-state index is 14.1. The summed E-state index contributed by atoms with van der Waals surface area (Å²) in [5, 5.41) is 8.69. The van der Waals surface area contributed by atoms with Gasteiger partial charge in [0.2, 0.25) is 0 Å². The Morgan fingerprint density at radius 3 is 2.56 bits per heavy atom. The highest BCUT2D eigenvalue weighted by Gasteiger charge is 2.14. The largest absolute Gasteiger partial charge is 0.344 e. The first-order valence-electron chi connectivity index (χ1n) is 7.41. The van der Waals surface area contributed by atoms with Crippen LogP contribution < -0.4 is 10.6 Å². The van der Waals surface area contributed by atoms with Gasteiger partial charge in [0.1, 0.15) is 18.3 Å². The number of nitrogens with zero attached hydrogens (tertiary/aromatic N) is 3. The Morgan fingerprint density at radius 1 is 1.08 bits per heavy atom. The van der Waals surface area contributed by atoms with Gasteiger partial charge < -0.3 is 10.6 Å². The second-order valence-corrected chi connectivity index (χ2v) is 5.13. The van der Waals surface area contributed by atoms with Gasteiger partial charge in [0, 0.05) is 12.2 Å². The van der Waals surface area contributed by atoms with Crippen LogP contribution in [0.4, 0.5) is 10.1 Å². The summed E-state index contributed by atoms with van der Waals surface area (Å²) in [5.41, 5.74) is 1.22. The zero-order chi connectivity index (χ0) is 17.6. The third kappa shape index (κ3) is 4.05. The smallest absolute Gasteiger partial charge is 0.313 e. The molecule has 2 N–H and O–H groups in total. The molecule has 0 fully saturated rings. The zero-order valence-corrected chi connectivity index (χ0v) is 13.0. The number of benzene rings is 2. The van der Waals surface area contributed by atoms with Crippen LogP contribution in [0.1, 0.15) is 5.56 Å². The number of halogens is 1. The fourth-order valence-electron chi connectivity index (χ4n) is 2.15. The molecule has 1 heterocycles. The Hall–Kier alpha value is -3.55. The van der Waals surface area contributed by atoms with Crippen LogP contribution in [0.2, 0.25) is 0 Å². The second-order valence-electron chi connectivity index (χ2n) is 5.13. The summed E-state index contributed by atoms with van der Waals surface area (Å²) in [6, 6.07) is 13.2. The molecule has 3 rings (SSSR count). The molecule has 3 aromatic rings. The van der Waals surface area contributed by atoms with Crippen LogP contribution in [0.3, 0.4) is 0 Å². The molecular formula is C17H14FN5O2. The van der Waals surface area contributed by atoms with Gasteiger partial charge in [-0.05, 0) is 23.8 Å². The molecule has 2 aromatic carbocycles. The molecule has 0 unspecified atom stereocenters. The van der Waals surface area contributed by atoms with Crippen LogP contribution in [0.15, 0.2) is 61.2 Å². The molecule has 0 bridgehead atoms. The summed E-state index contributed by atoms with van der Waals surface area (Å²) in [5.74, 6) is -2.28. The third-order valence-corrected chi connectivity index (χ3v) is 3.37. The topological polar surface area (TPSA) is 88.9 Å². The number of nitrogens with one attached hydrogen (secondary N) is 2. The van der Waals surface area contributed by atoms with E-state index in [0.717, 1.165) is 11.6 Å². The van der Waals surface area contributed by atoms with Crippen LogP contribution in [0, 0.1) is 5.82 Å². The molecule has 25 heavy (non-hydrogen) atoms. The number of amides is 2. The molecule has 0 aliphatic heterocycles. The number of anilines is 1. The first-order valence-corrected chi connectivity index (χ1v) is 7.41. The second kappa shape index (κ2) is 7.35. The van der Waals surface area contributed by atoms with E-state index in [1.807, 2.05) is 30.3 Å². The molecule has 0 spiro atoms. The SMILES string of the molecule is O=C(NCc1ccccc1)C(=O)Nc1ccc(-n2cncn2)c(F)c1. The highest BCUT2D eigenvalue weighted by molar-refractivity contribution is 6.39. The van der Waals surface area contributed by atoms with Crippen molar-refractivity contribution in [3.63, 3.8) is 0 Å². The van der Waals surface area contributed by atoms with E-state index in [-0.39, 0.29) is 17.9 Å². The van der Waals surface area contributed by atoms with Crippen molar-refractivity contribution in [3.05, 3.63) is 72.6 Å². The highest BCUT2D eigenvalue weighted by atomic mass is 19.1. The minimum absolute atomic E-state index is 0.168. The van der Waals surface area contributed by atoms with Crippen molar-refractivity contribution in [2.24, 2.45) is 0 Å². The monoisotopic (exact) mass is 339 g/mol. The van der Waals surface area contributed by atoms with Crippen molar-refractivity contribution in [3.8, 4) is 5.69 Å². The van der Waals surface area contributed by atoms with Crippen molar-refractivity contribution in [2.45, 2.75) is 6.54 Å². The van der Waals surface area contributed by atoms with E-state index < -0.39 is 17.6 Å². The summed E-state index contributed by atoms with van der Waals surface area (Å²) in [6.07, 6.45) is 2.64. The van der Waals surface area contributed by atoms with Crippen LogP contribution in [0.5, 0.6) is 0 Å². The Morgan fingerprint density at radius 2 is 1.88 bits per heavy atom. The van der Waals surface area contributed by atoms with Gasteiger partial charge in [-0.3, -0.25) is 9.59 Å². The van der Waals surface area contributed by atoms with E-state index >= 15 is 0 Å². The van der Waals surface area contributed by atoms with Gasteiger partial charge in [-0.25, -0.2) is 14.1 Å². The molecule has 0 aliphatic carbocycles. The number of hydrogen-bond acceptors (Lipinski definition) is 4. The van der Waals surface area contributed by atoms with Crippen molar-refractivity contribution in [1.29, 1.82) is 0 Å². The summed E-state index contributed by atoms with van der Waals surface area (Å²) in [4.78, 5) is 27.4. The molecule has 0 radical (unpaired) electrons. The lowest BCUT2D eigenvalue weighted by Crippen LogP contribution is -2.34. The van der Waals surface area contributed by atoms with E-state index in [2.05, 4.69) is 20.7 Å².